The molecule has 0 spiro atoms. The highest BCUT2D eigenvalue weighted by molar-refractivity contribution is 4.84. The van der Waals surface area contributed by atoms with Crippen LogP contribution in [0, 0.1) is 10.8 Å². The second-order valence-electron chi connectivity index (χ2n) is 5.66. The van der Waals surface area contributed by atoms with Gasteiger partial charge in [-0.2, -0.15) is 0 Å². The van der Waals surface area contributed by atoms with Gasteiger partial charge in [-0.1, -0.05) is 41.5 Å². The van der Waals surface area contributed by atoms with E-state index in [0.717, 1.165) is 26.2 Å². The van der Waals surface area contributed by atoms with E-state index in [4.69, 9.17) is 0 Å². The molecule has 0 heterocycles. The van der Waals surface area contributed by atoms with Gasteiger partial charge in [0.2, 0.25) is 0 Å². The molecule has 0 unspecified atom stereocenters. The van der Waals surface area contributed by atoms with Gasteiger partial charge in [0.1, 0.15) is 0 Å². The molecule has 0 amide bonds. The monoisotopic (exact) mass is 200 g/mol. The highest BCUT2D eigenvalue weighted by atomic mass is 14.9. The van der Waals surface area contributed by atoms with Gasteiger partial charge in [-0.25, -0.2) is 0 Å². The van der Waals surface area contributed by atoms with E-state index in [9.17, 15) is 0 Å². The van der Waals surface area contributed by atoms with Crippen molar-refractivity contribution in [3.05, 3.63) is 0 Å². The third-order valence-corrected chi connectivity index (χ3v) is 3.33. The predicted octanol–water partition coefficient (Wildman–Crippen LogP) is 2.26. The molecular weight excluding hydrogens is 172 g/mol. The first kappa shape index (κ1) is 13.9. The molecule has 0 aliphatic rings. The Morgan fingerprint density at radius 3 is 1.79 bits per heavy atom. The second-order valence-corrected chi connectivity index (χ2v) is 5.66. The average Bonchev–Trinajstić information content (AvgIpc) is 2.02. The molecule has 2 N–H and O–H groups in total. The lowest BCUT2D eigenvalue weighted by Crippen LogP contribution is -2.41. The zero-order valence-electron chi connectivity index (χ0n) is 10.8. The summed E-state index contributed by atoms with van der Waals surface area (Å²) in [5, 5.41) is 6.82. The lowest BCUT2D eigenvalue weighted by atomic mass is 9.69. The van der Waals surface area contributed by atoms with Crippen LogP contribution in [0.2, 0.25) is 0 Å². The smallest absolute Gasteiger partial charge is 0.00769 e. The molecule has 0 aromatic rings. The van der Waals surface area contributed by atoms with Crippen molar-refractivity contribution in [3.63, 3.8) is 0 Å². The lowest BCUT2D eigenvalue weighted by molar-refractivity contribution is 0.130. The van der Waals surface area contributed by atoms with Crippen LogP contribution in [0.3, 0.4) is 0 Å². The Balaban J connectivity index is 3.67. The Bertz CT molecular complexity index is 145. The number of hydrogen-bond acceptors (Lipinski definition) is 2. The molecule has 0 aromatic carbocycles. The van der Waals surface area contributed by atoms with Crippen molar-refractivity contribution >= 4 is 0 Å². The molecule has 0 aliphatic carbocycles. The standard InChI is InChI=1S/C12H28N2/c1-7-13-8-9-14-10-12(5,6)11(2,3)4/h13-14H,7-10H2,1-6H3. The molecule has 2 heteroatoms. The highest BCUT2D eigenvalue weighted by Gasteiger charge is 2.31. The first-order chi connectivity index (χ1) is 6.31. The lowest BCUT2D eigenvalue weighted by Gasteiger charge is -2.39. The van der Waals surface area contributed by atoms with E-state index >= 15 is 0 Å². The average molecular weight is 200 g/mol. The Labute approximate surface area is 89.9 Å². The van der Waals surface area contributed by atoms with E-state index in [1.807, 2.05) is 0 Å². The first-order valence-electron chi connectivity index (χ1n) is 5.72. The summed E-state index contributed by atoms with van der Waals surface area (Å²) >= 11 is 0. The number of nitrogens with one attached hydrogen (secondary N) is 2. The molecule has 0 atom stereocenters. The van der Waals surface area contributed by atoms with Crippen LogP contribution in [0.5, 0.6) is 0 Å². The van der Waals surface area contributed by atoms with E-state index in [1.54, 1.807) is 0 Å². The van der Waals surface area contributed by atoms with E-state index < -0.39 is 0 Å². The van der Waals surface area contributed by atoms with Crippen LogP contribution in [0.1, 0.15) is 41.5 Å². The zero-order valence-corrected chi connectivity index (χ0v) is 10.8. The highest BCUT2D eigenvalue weighted by Crippen LogP contribution is 2.36. The summed E-state index contributed by atoms with van der Waals surface area (Å²) in [4.78, 5) is 0. The summed E-state index contributed by atoms with van der Waals surface area (Å²) in [6.45, 7) is 18.0. The predicted molar refractivity (Wildman–Crippen MR) is 64.6 cm³/mol. The SMILES string of the molecule is CCNCCNCC(C)(C)C(C)(C)C. The van der Waals surface area contributed by atoms with Gasteiger partial charge in [0, 0.05) is 19.6 Å². The van der Waals surface area contributed by atoms with Gasteiger partial charge in [-0.15, -0.1) is 0 Å². The van der Waals surface area contributed by atoms with Crippen LogP contribution < -0.4 is 10.6 Å². The van der Waals surface area contributed by atoms with Crippen molar-refractivity contribution in [2.24, 2.45) is 10.8 Å². The van der Waals surface area contributed by atoms with Crippen molar-refractivity contribution in [1.82, 2.24) is 10.6 Å². The minimum Gasteiger partial charge on any atom is -0.316 e. The number of rotatable bonds is 6. The van der Waals surface area contributed by atoms with Crippen molar-refractivity contribution in [3.8, 4) is 0 Å². The van der Waals surface area contributed by atoms with E-state index in [0.29, 0.717) is 10.8 Å². The molecule has 0 bridgehead atoms. The van der Waals surface area contributed by atoms with E-state index in [-0.39, 0.29) is 0 Å². The maximum absolute atomic E-state index is 3.50. The van der Waals surface area contributed by atoms with Gasteiger partial charge in [0.15, 0.2) is 0 Å². The van der Waals surface area contributed by atoms with E-state index in [2.05, 4.69) is 52.2 Å². The molecule has 0 fully saturated rings. The molecule has 14 heavy (non-hydrogen) atoms. The fraction of sp³-hybridized carbons (Fsp3) is 1.00. The molecule has 0 saturated carbocycles. The van der Waals surface area contributed by atoms with Crippen LogP contribution in [-0.2, 0) is 0 Å². The zero-order chi connectivity index (χ0) is 11.2. The Morgan fingerprint density at radius 1 is 0.857 bits per heavy atom. The summed E-state index contributed by atoms with van der Waals surface area (Å²) in [5.74, 6) is 0. The molecule has 0 aromatic heterocycles. The third-order valence-electron chi connectivity index (χ3n) is 3.33. The normalized spacial score (nSPS) is 13.3. The topological polar surface area (TPSA) is 24.1 Å². The van der Waals surface area contributed by atoms with Crippen molar-refractivity contribution in [1.29, 1.82) is 0 Å². The van der Waals surface area contributed by atoms with Crippen LogP contribution in [0.15, 0.2) is 0 Å². The Hall–Kier alpha value is -0.0800. The Morgan fingerprint density at radius 2 is 1.36 bits per heavy atom. The molecule has 0 aliphatic heterocycles. The van der Waals surface area contributed by atoms with Gasteiger partial charge >= 0.3 is 0 Å². The minimum atomic E-state index is 0.346. The van der Waals surface area contributed by atoms with Gasteiger partial charge < -0.3 is 10.6 Å². The van der Waals surface area contributed by atoms with Gasteiger partial charge in [0.25, 0.3) is 0 Å². The first-order valence-corrected chi connectivity index (χ1v) is 5.72. The van der Waals surface area contributed by atoms with E-state index in [1.165, 1.54) is 0 Å². The van der Waals surface area contributed by atoms with Gasteiger partial charge in [-0.3, -0.25) is 0 Å². The summed E-state index contributed by atoms with van der Waals surface area (Å²) in [6, 6.07) is 0. The second kappa shape index (κ2) is 5.72. The summed E-state index contributed by atoms with van der Waals surface area (Å²) in [6.07, 6.45) is 0. The minimum absolute atomic E-state index is 0.346. The molecule has 2 nitrogen and oxygen atoms in total. The van der Waals surface area contributed by atoms with Crippen LogP contribution in [-0.4, -0.2) is 26.2 Å². The molecular formula is C12H28N2. The summed E-state index contributed by atoms with van der Waals surface area (Å²) < 4.78 is 0. The number of likely N-dealkylation sites (N-methyl/N-ethyl adjacent to an activating group) is 1. The van der Waals surface area contributed by atoms with Crippen LogP contribution >= 0.6 is 0 Å². The summed E-state index contributed by atoms with van der Waals surface area (Å²) in [5.41, 5.74) is 0.706. The fourth-order valence-electron chi connectivity index (χ4n) is 1.02. The van der Waals surface area contributed by atoms with Crippen LogP contribution in [0.4, 0.5) is 0 Å². The maximum Gasteiger partial charge on any atom is 0.00769 e. The molecule has 0 radical (unpaired) electrons. The fourth-order valence-corrected chi connectivity index (χ4v) is 1.02. The molecule has 0 rings (SSSR count). The van der Waals surface area contributed by atoms with Crippen molar-refractivity contribution < 1.29 is 0 Å². The summed E-state index contributed by atoms with van der Waals surface area (Å²) in [7, 11) is 0. The quantitative estimate of drug-likeness (QED) is 0.643. The molecule has 0 saturated heterocycles. The van der Waals surface area contributed by atoms with Crippen LogP contribution in [0.25, 0.3) is 0 Å². The largest absolute Gasteiger partial charge is 0.316 e. The molecule has 86 valence electrons. The van der Waals surface area contributed by atoms with Gasteiger partial charge in [-0.05, 0) is 17.4 Å². The van der Waals surface area contributed by atoms with Gasteiger partial charge in [0.05, 0.1) is 0 Å². The van der Waals surface area contributed by atoms with Crippen molar-refractivity contribution in [2.45, 2.75) is 41.5 Å². The Kier molecular flexibility index (Phi) is 5.68. The maximum atomic E-state index is 3.50. The third kappa shape index (κ3) is 4.97. The van der Waals surface area contributed by atoms with Crippen molar-refractivity contribution in [2.75, 3.05) is 26.2 Å². The number of hydrogen-bond donors (Lipinski definition) is 2.